The largest absolute Gasteiger partial charge is 0.505 e. The van der Waals surface area contributed by atoms with E-state index in [4.69, 9.17) is 11.6 Å². The summed E-state index contributed by atoms with van der Waals surface area (Å²) in [4.78, 5) is 2.26. The highest BCUT2D eigenvalue weighted by molar-refractivity contribution is 6.31. The van der Waals surface area contributed by atoms with Crippen LogP contribution < -0.4 is 5.32 Å². The quantitative estimate of drug-likeness (QED) is 0.822. The lowest BCUT2D eigenvalue weighted by Crippen LogP contribution is -2.48. The van der Waals surface area contributed by atoms with Gasteiger partial charge in [0.2, 0.25) is 0 Å². The van der Waals surface area contributed by atoms with Gasteiger partial charge in [0.15, 0.2) is 11.6 Å². The van der Waals surface area contributed by atoms with Crippen molar-refractivity contribution in [2.24, 2.45) is 5.41 Å². The van der Waals surface area contributed by atoms with Gasteiger partial charge in [0, 0.05) is 42.8 Å². The Kier molecular flexibility index (Phi) is 8.45. The number of benzene rings is 1. The Balaban J connectivity index is 0.00000220. The van der Waals surface area contributed by atoms with E-state index in [1.54, 1.807) is 0 Å². The van der Waals surface area contributed by atoms with Gasteiger partial charge in [-0.1, -0.05) is 32.4 Å². The number of phenolic OH excluding ortho intramolecular Hbond substituents is 1. The van der Waals surface area contributed by atoms with E-state index in [1.807, 2.05) is 0 Å². The first kappa shape index (κ1) is 21.7. The normalized spacial score (nSPS) is 17.3. The van der Waals surface area contributed by atoms with Crippen LogP contribution in [0.3, 0.4) is 0 Å². The van der Waals surface area contributed by atoms with Gasteiger partial charge >= 0.3 is 0 Å². The first-order chi connectivity index (χ1) is 9.32. The zero-order valence-corrected chi connectivity index (χ0v) is 15.4. The lowest BCUT2D eigenvalue weighted by Gasteiger charge is -2.43. The molecule has 0 aromatic heterocycles. The summed E-state index contributed by atoms with van der Waals surface area (Å²) in [5.41, 5.74) is 0.341. The van der Waals surface area contributed by atoms with E-state index < -0.39 is 5.82 Å². The van der Waals surface area contributed by atoms with Gasteiger partial charge in [0.05, 0.1) is 0 Å². The summed E-state index contributed by atoms with van der Waals surface area (Å²) in [7, 11) is 0. The molecule has 1 heterocycles. The van der Waals surface area contributed by atoms with Crippen molar-refractivity contribution < 1.29 is 9.50 Å². The Morgan fingerprint density at radius 3 is 2.27 bits per heavy atom. The molecule has 7 heteroatoms. The van der Waals surface area contributed by atoms with Crippen molar-refractivity contribution in [1.29, 1.82) is 0 Å². The van der Waals surface area contributed by atoms with Crippen LogP contribution in [0.1, 0.15) is 32.4 Å². The first-order valence-electron chi connectivity index (χ1n) is 6.94. The minimum absolute atomic E-state index is 0. The molecule has 0 radical (unpaired) electrons. The number of phenols is 1. The van der Waals surface area contributed by atoms with Gasteiger partial charge in [-0.3, -0.25) is 4.90 Å². The van der Waals surface area contributed by atoms with Crippen molar-refractivity contribution >= 4 is 36.4 Å². The van der Waals surface area contributed by atoms with Crippen molar-refractivity contribution in [3.05, 3.63) is 28.5 Å². The highest BCUT2D eigenvalue weighted by atomic mass is 35.5. The lowest BCUT2D eigenvalue weighted by atomic mass is 9.80. The molecule has 0 saturated carbocycles. The molecule has 0 aliphatic carbocycles. The lowest BCUT2D eigenvalue weighted by molar-refractivity contribution is 0.0839. The molecule has 1 fully saturated rings. The van der Waals surface area contributed by atoms with Crippen LogP contribution in [0.4, 0.5) is 4.39 Å². The molecular formula is C15H24Cl3FN2O. The summed E-state index contributed by atoms with van der Waals surface area (Å²) in [6.07, 6.45) is 0. The number of rotatable bonds is 2. The van der Waals surface area contributed by atoms with E-state index in [0.29, 0.717) is 10.6 Å². The van der Waals surface area contributed by atoms with Crippen LogP contribution >= 0.6 is 36.4 Å². The van der Waals surface area contributed by atoms with E-state index in [9.17, 15) is 9.50 Å². The predicted molar refractivity (Wildman–Crippen MR) is 94.2 cm³/mol. The van der Waals surface area contributed by atoms with Crippen molar-refractivity contribution in [2.45, 2.75) is 26.8 Å². The van der Waals surface area contributed by atoms with Crippen LogP contribution in [-0.2, 0) is 0 Å². The van der Waals surface area contributed by atoms with E-state index in [0.717, 1.165) is 26.2 Å². The third kappa shape index (κ3) is 4.62. The Bertz CT molecular complexity index is 488. The first-order valence-corrected chi connectivity index (χ1v) is 7.32. The van der Waals surface area contributed by atoms with E-state index >= 15 is 0 Å². The number of piperazine rings is 1. The van der Waals surface area contributed by atoms with Crippen LogP contribution in [-0.4, -0.2) is 36.2 Å². The molecule has 1 aromatic rings. The fraction of sp³-hybridized carbons (Fsp3) is 0.600. The summed E-state index contributed by atoms with van der Waals surface area (Å²) >= 11 is 6.25. The molecule has 1 aromatic carbocycles. The number of nitrogens with zero attached hydrogens (tertiary/aromatic N) is 1. The van der Waals surface area contributed by atoms with Crippen molar-refractivity contribution in [1.82, 2.24) is 10.2 Å². The second-order valence-corrected chi connectivity index (χ2v) is 6.75. The zero-order valence-electron chi connectivity index (χ0n) is 13.0. The van der Waals surface area contributed by atoms with Gasteiger partial charge in [0.25, 0.3) is 0 Å². The summed E-state index contributed by atoms with van der Waals surface area (Å²) in [6, 6.07) is 2.61. The molecule has 1 aliphatic rings. The van der Waals surface area contributed by atoms with Crippen molar-refractivity contribution in [3.8, 4) is 5.75 Å². The maximum Gasteiger partial charge on any atom is 0.165 e. The topological polar surface area (TPSA) is 35.5 Å². The van der Waals surface area contributed by atoms with E-state index in [1.165, 1.54) is 12.1 Å². The number of aromatic hydroxyl groups is 1. The van der Waals surface area contributed by atoms with Crippen LogP contribution in [0.2, 0.25) is 5.02 Å². The van der Waals surface area contributed by atoms with Gasteiger partial charge in [-0.15, -0.1) is 24.8 Å². The molecule has 0 bridgehead atoms. The molecule has 22 heavy (non-hydrogen) atoms. The van der Waals surface area contributed by atoms with Crippen LogP contribution in [0.25, 0.3) is 0 Å². The van der Waals surface area contributed by atoms with Crippen molar-refractivity contribution in [2.75, 3.05) is 26.2 Å². The smallest absolute Gasteiger partial charge is 0.165 e. The zero-order chi connectivity index (χ0) is 14.9. The Morgan fingerprint density at radius 1 is 1.23 bits per heavy atom. The van der Waals surface area contributed by atoms with Crippen LogP contribution in [0.15, 0.2) is 12.1 Å². The predicted octanol–water partition coefficient (Wildman–Crippen LogP) is 4.02. The van der Waals surface area contributed by atoms with Crippen molar-refractivity contribution in [3.63, 3.8) is 0 Å². The Labute approximate surface area is 149 Å². The summed E-state index contributed by atoms with van der Waals surface area (Å²) < 4.78 is 13.7. The average molecular weight is 374 g/mol. The number of hydrogen-bond donors (Lipinski definition) is 2. The summed E-state index contributed by atoms with van der Waals surface area (Å²) in [5.74, 6) is -0.940. The minimum atomic E-state index is -0.617. The second kappa shape index (κ2) is 8.55. The third-order valence-corrected chi connectivity index (χ3v) is 4.05. The molecular weight excluding hydrogens is 350 g/mol. The Hall–Kier alpha value is -0.260. The molecule has 1 saturated heterocycles. The number of halogens is 4. The molecule has 0 unspecified atom stereocenters. The molecule has 2 rings (SSSR count). The van der Waals surface area contributed by atoms with Gasteiger partial charge in [-0.05, 0) is 17.5 Å². The maximum atomic E-state index is 13.7. The van der Waals surface area contributed by atoms with Gasteiger partial charge in [0.1, 0.15) is 0 Å². The molecule has 3 nitrogen and oxygen atoms in total. The van der Waals surface area contributed by atoms with Crippen LogP contribution in [0.5, 0.6) is 5.75 Å². The molecule has 0 spiro atoms. The van der Waals surface area contributed by atoms with E-state index in [2.05, 4.69) is 31.0 Å². The third-order valence-electron chi connectivity index (χ3n) is 3.73. The molecule has 2 N–H and O–H groups in total. The second-order valence-electron chi connectivity index (χ2n) is 6.35. The SMILES string of the molecule is CC(C)(C)[C@@H](c1c(Cl)ccc(F)c1O)N1CCNCC1.Cl.Cl. The van der Waals surface area contributed by atoms with E-state index in [-0.39, 0.29) is 42.0 Å². The fourth-order valence-corrected chi connectivity index (χ4v) is 3.18. The monoisotopic (exact) mass is 372 g/mol. The highest BCUT2D eigenvalue weighted by Gasteiger charge is 2.36. The van der Waals surface area contributed by atoms with Crippen LogP contribution in [0, 0.1) is 11.2 Å². The summed E-state index contributed by atoms with van der Waals surface area (Å²) in [5, 5.41) is 13.9. The highest BCUT2D eigenvalue weighted by Crippen LogP contribution is 2.45. The number of hydrogen-bond acceptors (Lipinski definition) is 3. The molecule has 1 aliphatic heterocycles. The minimum Gasteiger partial charge on any atom is -0.505 e. The Morgan fingerprint density at radius 2 is 1.77 bits per heavy atom. The standard InChI is InChI=1S/C15H22ClFN2O.2ClH/c1-15(2,3)14(19-8-6-18-7-9-19)12-10(16)4-5-11(17)13(12)20;;/h4-5,14,18,20H,6-9H2,1-3H3;2*1H/t14-;;/m1../s1. The average Bonchev–Trinajstić information content (AvgIpc) is 2.39. The fourth-order valence-electron chi connectivity index (χ4n) is 2.92. The van der Waals surface area contributed by atoms with Gasteiger partial charge < -0.3 is 10.4 Å². The maximum absolute atomic E-state index is 13.7. The van der Waals surface area contributed by atoms with Gasteiger partial charge in [-0.2, -0.15) is 0 Å². The number of nitrogens with one attached hydrogen (secondary N) is 1. The molecule has 1 atom stereocenters. The molecule has 128 valence electrons. The molecule has 0 amide bonds. The summed E-state index contributed by atoms with van der Waals surface area (Å²) in [6.45, 7) is 9.74. The van der Waals surface area contributed by atoms with Gasteiger partial charge in [-0.25, -0.2) is 4.39 Å².